The summed E-state index contributed by atoms with van der Waals surface area (Å²) in [5.74, 6) is 0.596. The highest BCUT2D eigenvalue weighted by molar-refractivity contribution is 5.39. The zero-order valence-corrected chi connectivity index (χ0v) is 10.0. The number of ether oxygens (including phenoxy) is 1. The normalized spacial score (nSPS) is 28.4. The first-order valence-corrected chi connectivity index (χ1v) is 5.74. The molecule has 1 heterocycles. The Morgan fingerprint density at radius 2 is 2.31 bits per heavy atom. The molecule has 1 aliphatic heterocycles. The van der Waals surface area contributed by atoms with E-state index in [-0.39, 0.29) is 17.5 Å². The van der Waals surface area contributed by atoms with Gasteiger partial charge in [-0.3, -0.25) is 0 Å². The summed E-state index contributed by atoms with van der Waals surface area (Å²) in [6, 6.07) is 4.91. The van der Waals surface area contributed by atoms with Crippen LogP contribution in [0, 0.1) is 5.82 Å². The predicted molar refractivity (Wildman–Crippen MR) is 62.1 cm³/mol. The van der Waals surface area contributed by atoms with E-state index in [1.807, 2.05) is 7.05 Å². The smallest absolute Gasteiger partial charge is 0.125 e. The predicted octanol–water partition coefficient (Wildman–Crippen LogP) is 3.04. The van der Waals surface area contributed by atoms with Crippen molar-refractivity contribution in [1.29, 1.82) is 0 Å². The summed E-state index contributed by atoms with van der Waals surface area (Å²) >= 11 is 0. The van der Waals surface area contributed by atoms with Crippen LogP contribution in [0.3, 0.4) is 0 Å². The fourth-order valence-corrected chi connectivity index (χ4v) is 2.21. The lowest BCUT2D eigenvalue weighted by Gasteiger charge is -2.39. The van der Waals surface area contributed by atoms with Gasteiger partial charge < -0.3 is 10.1 Å². The molecule has 1 aliphatic rings. The maximum Gasteiger partial charge on any atom is 0.125 e. The Morgan fingerprint density at radius 1 is 1.56 bits per heavy atom. The molecule has 1 aromatic carbocycles. The van der Waals surface area contributed by atoms with Gasteiger partial charge in [0.05, 0.1) is 0 Å². The Kier molecular flexibility index (Phi) is 2.89. The number of nitrogens with one attached hydrogen (secondary N) is 1. The van der Waals surface area contributed by atoms with Crippen LogP contribution >= 0.6 is 0 Å². The molecule has 16 heavy (non-hydrogen) atoms. The van der Waals surface area contributed by atoms with Gasteiger partial charge in [-0.15, -0.1) is 0 Å². The molecule has 1 aromatic rings. The minimum absolute atomic E-state index is 0.154. The van der Waals surface area contributed by atoms with Gasteiger partial charge in [0.1, 0.15) is 17.2 Å². The van der Waals surface area contributed by atoms with E-state index in [0.717, 1.165) is 24.2 Å². The van der Waals surface area contributed by atoms with Crippen LogP contribution < -0.4 is 10.1 Å². The molecule has 88 valence electrons. The molecule has 2 rings (SSSR count). The lowest BCUT2D eigenvalue weighted by Crippen LogP contribution is -2.40. The largest absolute Gasteiger partial charge is 0.487 e. The molecule has 0 radical (unpaired) electrons. The van der Waals surface area contributed by atoms with Gasteiger partial charge in [-0.2, -0.15) is 0 Å². The number of hydrogen-bond donors (Lipinski definition) is 1. The summed E-state index contributed by atoms with van der Waals surface area (Å²) in [5.41, 5.74) is 0.770. The number of hydrogen-bond acceptors (Lipinski definition) is 2. The molecule has 0 spiro atoms. The molecule has 0 aromatic heterocycles. The molecule has 0 saturated carbocycles. The van der Waals surface area contributed by atoms with Gasteiger partial charge in [0.15, 0.2) is 0 Å². The Labute approximate surface area is 95.8 Å². The zero-order chi connectivity index (χ0) is 11.8. The summed E-state index contributed by atoms with van der Waals surface area (Å²) in [4.78, 5) is 0. The molecule has 3 heteroatoms. The average molecular weight is 223 g/mol. The maximum atomic E-state index is 13.2. The second-order valence-corrected chi connectivity index (χ2v) is 4.63. The Bertz CT molecular complexity index is 394. The summed E-state index contributed by atoms with van der Waals surface area (Å²) in [6.45, 7) is 4.21. The molecule has 0 aliphatic carbocycles. The van der Waals surface area contributed by atoms with Crippen LogP contribution in [0.5, 0.6) is 5.75 Å². The zero-order valence-electron chi connectivity index (χ0n) is 10.0. The van der Waals surface area contributed by atoms with Crippen molar-refractivity contribution in [2.75, 3.05) is 7.05 Å². The SMILES string of the molecule is CCC1(C)CC(NC)c2cc(F)ccc2O1. The molecule has 2 atom stereocenters. The third-order valence-corrected chi connectivity index (χ3v) is 3.44. The van der Waals surface area contributed by atoms with E-state index >= 15 is 0 Å². The number of benzene rings is 1. The van der Waals surface area contributed by atoms with E-state index in [0.29, 0.717) is 0 Å². The molecule has 0 bridgehead atoms. The van der Waals surface area contributed by atoms with Crippen LogP contribution in [0.25, 0.3) is 0 Å². The van der Waals surface area contributed by atoms with Crippen molar-refractivity contribution in [3.8, 4) is 5.75 Å². The van der Waals surface area contributed by atoms with E-state index in [4.69, 9.17) is 4.74 Å². The van der Waals surface area contributed by atoms with E-state index in [9.17, 15) is 4.39 Å². The molecule has 0 saturated heterocycles. The molecule has 1 N–H and O–H groups in total. The molecule has 0 fully saturated rings. The quantitative estimate of drug-likeness (QED) is 0.832. The number of fused-ring (bicyclic) bond motifs is 1. The van der Waals surface area contributed by atoms with Crippen LogP contribution in [0.1, 0.15) is 38.3 Å². The fourth-order valence-electron chi connectivity index (χ4n) is 2.21. The van der Waals surface area contributed by atoms with E-state index in [1.54, 1.807) is 12.1 Å². The van der Waals surface area contributed by atoms with Crippen molar-refractivity contribution >= 4 is 0 Å². The van der Waals surface area contributed by atoms with Crippen LogP contribution in [0.15, 0.2) is 18.2 Å². The van der Waals surface area contributed by atoms with Crippen molar-refractivity contribution in [3.05, 3.63) is 29.6 Å². The summed E-state index contributed by atoms with van der Waals surface area (Å²) < 4.78 is 19.1. The first-order valence-electron chi connectivity index (χ1n) is 5.74. The minimum atomic E-state index is -0.206. The standard InChI is InChI=1S/C13H18FNO/c1-4-13(2)8-11(15-3)10-7-9(14)5-6-12(10)16-13/h5-7,11,15H,4,8H2,1-3H3. The average Bonchev–Trinajstić information content (AvgIpc) is 2.29. The Morgan fingerprint density at radius 3 is 2.94 bits per heavy atom. The van der Waals surface area contributed by atoms with Gasteiger partial charge in [-0.05, 0) is 38.6 Å². The van der Waals surface area contributed by atoms with Gasteiger partial charge in [-0.1, -0.05) is 6.92 Å². The van der Waals surface area contributed by atoms with Gasteiger partial charge in [-0.25, -0.2) is 4.39 Å². The first-order chi connectivity index (χ1) is 7.58. The molecular weight excluding hydrogens is 205 g/mol. The number of rotatable bonds is 2. The van der Waals surface area contributed by atoms with Crippen molar-refractivity contribution in [3.63, 3.8) is 0 Å². The maximum absolute atomic E-state index is 13.2. The summed E-state index contributed by atoms with van der Waals surface area (Å²) in [6.07, 6.45) is 1.82. The highest BCUT2D eigenvalue weighted by Gasteiger charge is 2.35. The minimum Gasteiger partial charge on any atom is -0.487 e. The highest BCUT2D eigenvalue weighted by Crippen LogP contribution is 2.40. The van der Waals surface area contributed by atoms with Crippen LogP contribution in [-0.4, -0.2) is 12.6 Å². The highest BCUT2D eigenvalue weighted by atomic mass is 19.1. The molecule has 0 amide bonds. The molecular formula is C13H18FNO. The summed E-state index contributed by atoms with van der Waals surface area (Å²) in [7, 11) is 1.90. The Hall–Kier alpha value is -1.09. The first kappa shape index (κ1) is 11.4. The van der Waals surface area contributed by atoms with E-state index in [2.05, 4.69) is 19.2 Å². The molecule has 2 unspecified atom stereocenters. The van der Waals surface area contributed by atoms with Gasteiger partial charge in [0, 0.05) is 18.0 Å². The third-order valence-electron chi connectivity index (χ3n) is 3.44. The fraction of sp³-hybridized carbons (Fsp3) is 0.538. The number of halogens is 1. The van der Waals surface area contributed by atoms with Crippen molar-refractivity contribution in [2.24, 2.45) is 0 Å². The lowest BCUT2D eigenvalue weighted by molar-refractivity contribution is 0.0453. The molecule has 2 nitrogen and oxygen atoms in total. The van der Waals surface area contributed by atoms with Crippen molar-refractivity contribution in [1.82, 2.24) is 5.32 Å². The van der Waals surface area contributed by atoms with Gasteiger partial charge in [0.2, 0.25) is 0 Å². The third kappa shape index (κ3) is 1.92. The van der Waals surface area contributed by atoms with Crippen molar-refractivity contribution in [2.45, 2.75) is 38.3 Å². The Balaban J connectivity index is 2.42. The monoisotopic (exact) mass is 223 g/mol. The van der Waals surface area contributed by atoms with Gasteiger partial charge in [0.25, 0.3) is 0 Å². The van der Waals surface area contributed by atoms with Crippen LogP contribution in [-0.2, 0) is 0 Å². The van der Waals surface area contributed by atoms with Gasteiger partial charge >= 0.3 is 0 Å². The summed E-state index contributed by atoms with van der Waals surface area (Å²) in [5, 5.41) is 3.23. The topological polar surface area (TPSA) is 21.3 Å². The van der Waals surface area contributed by atoms with Crippen LogP contribution in [0.4, 0.5) is 4.39 Å². The van der Waals surface area contributed by atoms with Crippen LogP contribution in [0.2, 0.25) is 0 Å². The second-order valence-electron chi connectivity index (χ2n) is 4.63. The van der Waals surface area contributed by atoms with E-state index < -0.39 is 0 Å². The van der Waals surface area contributed by atoms with Crippen molar-refractivity contribution < 1.29 is 9.13 Å². The lowest BCUT2D eigenvalue weighted by atomic mass is 9.87. The van der Waals surface area contributed by atoms with E-state index in [1.165, 1.54) is 6.07 Å². The second kappa shape index (κ2) is 4.06.